The van der Waals surface area contributed by atoms with Gasteiger partial charge in [0.1, 0.15) is 11.3 Å². The standard InChI is InChI=1S/C21H23N3O3/c1-27-18-10-6-5-9-17(18)24-20(26)22-19(25)21(24)11-13-23(14-12-21)15-16-7-3-2-4-8-16/h2-10H,11-15H2,1H3,(H,22,25,26). The second-order valence-electron chi connectivity index (χ2n) is 7.06. The Bertz CT molecular complexity index is 845. The molecule has 2 aliphatic rings. The topological polar surface area (TPSA) is 61.9 Å². The highest BCUT2D eigenvalue weighted by atomic mass is 16.5. The Morgan fingerprint density at radius 2 is 1.67 bits per heavy atom. The zero-order valence-electron chi connectivity index (χ0n) is 15.4. The smallest absolute Gasteiger partial charge is 0.329 e. The quantitative estimate of drug-likeness (QED) is 0.847. The Morgan fingerprint density at radius 3 is 2.37 bits per heavy atom. The minimum Gasteiger partial charge on any atom is -0.495 e. The molecular formula is C21H23N3O3. The molecule has 6 nitrogen and oxygen atoms in total. The average Bonchev–Trinajstić information content (AvgIpc) is 2.94. The number of imide groups is 1. The van der Waals surface area contributed by atoms with Gasteiger partial charge in [0, 0.05) is 19.6 Å². The van der Waals surface area contributed by atoms with E-state index in [1.54, 1.807) is 12.0 Å². The molecule has 4 rings (SSSR count). The van der Waals surface area contributed by atoms with Crippen LogP contribution in [0.2, 0.25) is 0 Å². The van der Waals surface area contributed by atoms with E-state index < -0.39 is 5.54 Å². The second-order valence-corrected chi connectivity index (χ2v) is 7.06. The highest BCUT2D eigenvalue weighted by Gasteiger charge is 2.55. The third-order valence-electron chi connectivity index (χ3n) is 5.53. The number of benzene rings is 2. The van der Waals surface area contributed by atoms with Crippen molar-refractivity contribution in [1.82, 2.24) is 10.2 Å². The molecule has 0 bridgehead atoms. The second kappa shape index (κ2) is 7.04. The lowest BCUT2D eigenvalue weighted by atomic mass is 9.85. The number of carbonyl (C=O) groups excluding carboxylic acids is 2. The van der Waals surface area contributed by atoms with Gasteiger partial charge in [0.25, 0.3) is 5.91 Å². The third-order valence-corrected chi connectivity index (χ3v) is 5.53. The molecule has 140 valence electrons. The van der Waals surface area contributed by atoms with Gasteiger partial charge in [-0.25, -0.2) is 4.79 Å². The van der Waals surface area contributed by atoms with Crippen LogP contribution in [0.3, 0.4) is 0 Å². The number of amides is 3. The van der Waals surface area contributed by atoms with E-state index in [2.05, 4.69) is 22.3 Å². The third kappa shape index (κ3) is 3.06. The molecule has 3 amide bonds. The number of hydrogen-bond donors (Lipinski definition) is 1. The first-order valence-corrected chi connectivity index (χ1v) is 9.19. The summed E-state index contributed by atoms with van der Waals surface area (Å²) >= 11 is 0. The maximum Gasteiger partial charge on any atom is 0.329 e. The first-order valence-electron chi connectivity index (χ1n) is 9.19. The number of ether oxygens (including phenoxy) is 1. The van der Waals surface area contributed by atoms with Gasteiger partial charge in [-0.2, -0.15) is 0 Å². The van der Waals surface area contributed by atoms with Crippen LogP contribution >= 0.6 is 0 Å². The molecule has 6 heteroatoms. The van der Waals surface area contributed by atoms with Gasteiger partial charge in [0.2, 0.25) is 0 Å². The molecule has 0 aromatic heterocycles. The Labute approximate surface area is 158 Å². The van der Waals surface area contributed by atoms with Crippen molar-refractivity contribution in [2.75, 3.05) is 25.1 Å². The number of likely N-dealkylation sites (tertiary alicyclic amines) is 1. The van der Waals surface area contributed by atoms with Crippen molar-refractivity contribution in [3.8, 4) is 5.75 Å². The van der Waals surface area contributed by atoms with Gasteiger partial charge in [-0.05, 0) is 30.5 Å². The maximum atomic E-state index is 12.8. The van der Waals surface area contributed by atoms with Crippen LogP contribution in [0.4, 0.5) is 10.5 Å². The highest BCUT2D eigenvalue weighted by molar-refractivity contribution is 6.17. The number of rotatable bonds is 4. The van der Waals surface area contributed by atoms with Crippen LogP contribution in [0.15, 0.2) is 54.6 Å². The fraction of sp³-hybridized carbons (Fsp3) is 0.333. The fourth-order valence-electron chi connectivity index (χ4n) is 4.09. The molecule has 2 aliphatic heterocycles. The lowest BCUT2D eigenvalue weighted by molar-refractivity contribution is -0.124. The van der Waals surface area contributed by atoms with Gasteiger partial charge in [0.05, 0.1) is 12.8 Å². The van der Waals surface area contributed by atoms with Gasteiger partial charge in [-0.1, -0.05) is 42.5 Å². The zero-order valence-corrected chi connectivity index (χ0v) is 15.4. The van der Waals surface area contributed by atoms with Gasteiger partial charge in [-0.15, -0.1) is 0 Å². The van der Waals surface area contributed by atoms with E-state index in [0.29, 0.717) is 24.3 Å². The summed E-state index contributed by atoms with van der Waals surface area (Å²) in [7, 11) is 1.57. The van der Waals surface area contributed by atoms with Crippen LogP contribution in [0, 0.1) is 0 Å². The molecule has 0 atom stereocenters. The predicted octanol–water partition coefficient (Wildman–Crippen LogP) is 2.79. The van der Waals surface area contributed by atoms with Crippen molar-refractivity contribution in [2.45, 2.75) is 24.9 Å². The maximum absolute atomic E-state index is 12.8. The molecule has 2 fully saturated rings. The molecule has 0 aliphatic carbocycles. The highest BCUT2D eigenvalue weighted by Crippen LogP contribution is 2.41. The van der Waals surface area contributed by atoms with Crippen LogP contribution in [0.5, 0.6) is 5.75 Å². The van der Waals surface area contributed by atoms with Crippen LogP contribution in [0.25, 0.3) is 0 Å². The summed E-state index contributed by atoms with van der Waals surface area (Å²) in [6, 6.07) is 17.3. The molecule has 0 radical (unpaired) electrons. The Hall–Kier alpha value is -2.86. The SMILES string of the molecule is COc1ccccc1N1C(=O)NC(=O)C12CCN(Cc1ccccc1)CC2. The van der Waals surface area contributed by atoms with Gasteiger partial charge in [-0.3, -0.25) is 19.9 Å². The summed E-state index contributed by atoms with van der Waals surface area (Å²) in [5.74, 6) is 0.381. The Morgan fingerprint density at radius 1 is 1.00 bits per heavy atom. The number of methoxy groups -OCH3 is 1. The van der Waals surface area contributed by atoms with Crippen LogP contribution < -0.4 is 15.0 Å². The number of nitrogens with zero attached hydrogens (tertiary/aromatic N) is 2. The monoisotopic (exact) mass is 365 g/mol. The summed E-state index contributed by atoms with van der Waals surface area (Å²) in [4.78, 5) is 29.3. The number of urea groups is 1. The van der Waals surface area contributed by atoms with Gasteiger partial charge >= 0.3 is 6.03 Å². The molecule has 0 saturated carbocycles. The number of piperidine rings is 1. The molecule has 0 unspecified atom stereocenters. The van der Waals surface area contributed by atoms with Crippen molar-refractivity contribution in [3.05, 3.63) is 60.2 Å². The first kappa shape index (κ1) is 17.5. The molecule has 2 aromatic rings. The lowest BCUT2D eigenvalue weighted by Gasteiger charge is -2.42. The predicted molar refractivity (Wildman–Crippen MR) is 103 cm³/mol. The number of para-hydroxylation sites is 2. The zero-order chi connectivity index (χ0) is 18.9. The molecule has 2 saturated heterocycles. The number of hydrogen-bond acceptors (Lipinski definition) is 4. The Kier molecular flexibility index (Phi) is 4.58. The van der Waals surface area contributed by atoms with E-state index in [1.807, 2.05) is 42.5 Å². The van der Waals surface area contributed by atoms with E-state index >= 15 is 0 Å². The minimum atomic E-state index is -0.848. The molecule has 27 heavy (non-hydrogen) atoms. The number of anilines is 1. The fourth-order valence-corrected chi connectivity index (χ4v) is 4.09. The van der Waals surface area contributed by atoms with E-state index in [9.17, 15) is 9.59 Å². The average molecular weight is 365 g/mol. The van der Waals surface area contributed by atoms with Crippen LogP contribution in [-0.4, -0.2) is 42.6 Å². The van der Waals surface area contributed by atoms with Crippen molar-refractivity contribution >= 4 is 17.6 Å². The molecule has 1 spiro atoms. The van der Waals surface area contributed by atoms with Crippen LogP contribution in [0.1, 0.15) is 18.4 Å². The van der Waals surface area contributed by atoms with Crippen molar-refractivity contribution < 1.29 is 14.3 Å². The van der Waals surface area contributed by atoms with Gasteiger partial charge in [0.15, 0.2) is 0 Å². The summed E-state index contributed by atoms with van der Waals surface area (Å²) in [6.45, 7) is 2.35. The molecule has 1 N–H and O–H groups in total. The van der Waals surface area contributed by atoms with E-state index in [-0.39, 0.29) is 11.9 Å². The van der Waals surface area contributed by atoms with Crippen LogP contribution in [-0.2, 0) is 11.3 Å². The van der Waals surface area contributed by atoms with Crippen molar-refractivity contribution in [1.29, 1.82) is 0 Å². The normalized spacial score (nSPS) is 19.4. The summed E-state index contributed by atoms with van der Waals surface area (Å²) in [5.41, 5.74) is 1.04. The summed E-state index contributed by atoms with van der Waals surface area (Å²) in [6.07, 6.45) is 1.19. The number of nitrogens with one attached hydrogen (secondary N) is 1. The molecule has 2 heterocycles. The van der Waals surface area contributed by atoms with Crippen molar-refractivity contribution in [2.24, 2.45) is 0 Å². The first-order chi connectivity index (χ1) is 13.1. The van der Waals surface area contributed by atoms with Gasteiger partial charge < -0.3 is 4.74 Å². The number of carbonyl (C=O) groups is 2. The van der Waals surface area contributed by atoms with E-state index in [0.717, 1.165) is 19.6 Å². The lowest BCUT2D eigenvalue weighted by Crippen LogP contribution is -2.56. The molecule has 2 aromatic carbocycles. The van der Waals surface area contributed by atoms with E-state index in [4.69, 9.17) is 4.74 Å². The largest absolute Gasteiger partial charge is 0.495 e. The van der Waals surface area contributed by atoms with E-state index in [1.165, 1.54) is 5.56 Å². The Balaban J connectivity index is 1.58. The van der Waals surface area contributed by atoms with Crippen molar-refractivity contribution in [3.63, 3.8) is 0 Å². The molecular weight excluding hydrogens is 342 g/mol. The summed E-state index contributed by atoms with van der Waals surface area (Å²) in [5, 5.41) is 2.52. The minimum absolute atomic E-state index is 0.210. The summed E-state index contributed by atoms with van der Waals surface area (Å²) < 4.78 is 5.43.